The van der Waals surface area contributed by atoms with Crippen molar-refractivity contribution in [3.05, 3.63) is 89.0 Å². The van der Waals surface area contributed by atoms with Crippen molar-refractivity contribution in [2.75, 3.05) is 18.0 Å². The van der Waals surface area contributed by atoms with Gasteiger partial charge in [0.2, 0.25) is 0 Å². The Balaban J connectivity index is 1.69. The van der Waals surface area contributed by atoms with Crippen LogP contribution in [0.3, 0.4) is 0 Å². The molecular formula is C29H36NOP. The van der Waals surface area contributed by atoms with Gasteiger partial charge in [0, 0.05) is 35.9 Å². The lowest BCUT2D eigenvalue weighted by Crippen LogP contribution is -2.33. The lowest BCUT2D eigenvalue weighted by Gasteiger charge is -2.35. The number of anilines is 1. The third-order valence-electron chi connectivity index (χ3n) is 7.01. The summed E-state index contributed by atoms with van der Waals surface area (Å²) in [7, 11) is 0.607. The molecule has 2 atom stereocenters. The van der Waals surface area contributed by atoms with Crippen LogP contribution in [0.15, 0.2) is 66.7 Å². The summed E-state index contributed by atoms with van der Waals surface area (Å²) in [5.74, 6) is 0.473. The molecule has 3 aromatic rings. The number of hydrogen-bond acceptors (Lipinski definition) is 2. The molecule has 168 valence electrons. The first kappa shape index (κ1) is 22.9. The Bertz CT molecular complexity index is 1040. The minimum Gasteiger partial charge on any atom is -0.507 e. The predicted molar refractivity (Wildman–Crippen MR) is 140 cm³/mol. The van der Waals surface area contributed by atoms with E-state index < -0.39 is 0 Å². The number of aryl methyl sites for hydroxylation is 1. The number of piperidine rings is 1. The second-order valence-electron chi connectivity index (χ2n) is 9.30. The van der Waals surface area contributed by atoms with E-state index in [4.69, 9.17) is 0 Å². The van der Waals surface area contributed by atoms with E-state index in [1.807, 2.05) is 6.07 Å². The van der Waals surface area contributed by atoms with Gasteiger partial charge in [-0.3, -0.25) is 0 Å². The third kappa shape index (κ3) is 4.86. The van der Waals surface area contributed by atoms with Crippen LogP contribution in [0.5, 0.6) is 5.75 Å². The molecule has 32 heavy (non-hydrogen) atoms. The number of rotatable bonds is 7. The van der Waals surface area contributed by atoms with Crippen LogP contribution in [0.2, 0.25) is 0 Å². The van der Waals surface area contributed by atoms with Crippen LogP contribution in [0, 0.1) is 6.92 Å². The van der Waals surface area contributed by atoms with E-state index in [2.05, 4.69) is 86.3 Å². The molecule has 3 heteroatoms. The molecule has 1 aliphatic rings. The standard InChI is InChI=1S/C29H36NOP/c1-4-29(3,25-17-12-16-24(27(25)31)21-23-14-7-5-8-15-23)32-28-22(2)13-11-18-26(28)30-19-9-6-10-20-30/h5,7-8,11-18,31-32H,4,6,9-10,19-21H2,1-3H3. The Kier molecular flexibility index (Phi) is 7.21. The summed E-state index contributed by atoms with van der Waals surface area (Å²) in [4.78, 5) is 2.58. The van der Waals surface area contributed by atoms with Gasteiger partial charge in [0.1, 0.15) is 5.75 Å². The highest BCUT2D eigenvalue weighted by atomic mass is 31.1. The molecule has 1 fully saturated rings. The second-order valence-corrected chi connectivity index (χ2v) is 11.2. The zero-order valence-corrected chi connectivity index (χ0v) is 20.7. The number of aromatic hydroxyl groups is 1. The molecule has 0 aliphatic carbocycles. The Labute approximate surface area is 195 Å². The van der Waals surface area contributed by atoms with Gasteiger partial charge in [-0.25, -0.2) is 0 Å². The molecule has 1 saturated heterocycles. The quantitative estimate of drug-likeness (QED) is 0.399. The van der Waals surface area contributed by atoms with Crippen molar-refractivity contribution < 1.29 is 5.11 Å². The van der Waals surface area contributed by atoms with E-state index in [0.717, 1.165) is 37.1 Å². The lowest BCUT2D eigenvalue weighted by atomic mass is 9.92. The van der Waals surface area contributed by atoms with Gasteiger partial charge in [0.15, 0.2) is 0 Å². The van der Waals surface area contributed by atoms with Crippen LogP contribution in [0.1, 0.15) is 61.8 Å². The van der Waals surface area contributed by atoms with E-state index >= 15 is 0 Å². The molecule has 1 heterocycles. The van der Waals surface area contributed by atoms with Crippen LogP contribution in [0.4, 0.5) is 5.69 Å². The summed E-state index contributed by atoms with van der Waals surface area (Å²) in [6.07, 6.45) is 5.65. The molecule has 2 unspecified atom stereocenters. The highest BCUT2D eigenvalue weighted by molar-refractivity contribution is 7.49. The van der Waals surface area contributed by atoms with E-state index in [1.54, 1.807) is 0 Å². The first-order chi connectivity index (χ1) is 15.5. The van der Waals surface area contributed by atoms with Crippen LogP contribution in [0.25, 0.3) is 0 Å². The Morgan fingerprint density at radius 1 is 0.906 bits per heavy atom. The number of nitrogens with zero attached hydrogens (tertiary/aromatic N) is 1. The van der Waals surface area contributed by atoms with Gasteiger partial charge in [-0.1, -0.05) is 83.1 Å². The van der Waals surface area contributed by atoms with Crippen LogP contribution < -0.4 is 10.2 Å². The number of hydrogen-bond donors (Lipinski definition) is 1. The van der Waals surface area contributed by atoms with Gasteiger partial charge in [-0.15, -0.1) is 0 Å². The lowest BCUT2D eigenvalue weighted by molar-refractivity contribution is 0.451. The SMILES string of the molecule is CCC(C)(Pc1c(C)cccc1N1CCCCC1)c1cccc(Cc2ccccc2)c1O. The highest BCUT2D eigenvalue weighted by Gasteiger charge is 2.31. The van der Waals surface area contributed by atoms with Crippen molar-refractivity contribution in [2.45, 2.75) is 58.0 Å². The molecule has 3 aromatic carbocycles. The summed E-state index contributed by atoms with van der Waals surface area (Å²) >= 11 is 0. The minimum atomic E-state index is -0.104. The van der Waals surface area contributed by atoms with Gasteiger partial charge in [0.05, 0.1) is 0 Å². The van der Waals surface area contributed by atoms with Gasteiger partial charge in [-0.05, 0) is 60.7 Å². The van der Waals surface area contributed by atoms with Crippen molar-refractivity contribution in [3.8, 4) is 5.75 Å². The molecule has 0 amide bonds. The number of phenolic OH excluding ortho intramolecular Hbond substituents is 1. The molecule has 4 rings (SSSR count). The van der Waals surface area contributed by atoms with Crippen LogP contribution >= 0.6 is 8.58 Å². The van der Waals surface area contributed by atoms with Gasteiger partial charge < -0.3 is 10.0 Å². The van der Waals surface area contributed by atoms with Crippen molar-refractivity contribution in [2.24, 2.45) is 0 Å². The number of benzene rings is 3. The summed E-state index contributed by atoms with van der Waals surface area (Å²) < 4.78 is 0. The Morgan fingerprint density at radius 3 is 2.34 bits per heavy atom. The monoisotopic (exact) mass is 445 g/mol. The molecular weight excluding hydrogens is 409 g/mol. The number of para-hydroxylation sites is 1. The maximum Gasteiger partial charge on any atom is 0.123 e. The van der Waals surface area contributed by atoms with Gasteiger partial charge >= 0.3 is 0 Å². The van der Waals surface area contributed by atoms with Crippen LogP contribution in [-0.2, 0) is 11.6 Å². The normalized spacial score (nSPS) is 16.4. The first-order valence-corrected chi connectivity index (χ1v) is 13.0. The van der Waals surface area contributed by atoms with Gasteiger partial charge in [-0.2, -0.15) is 0 Å². The molecule has 0 spiro atoms. The second kappa shape index (κ2) is 10.1. The maximum atomic E-state index is 11.4. The Hall–Kier alpha value is -2.31. The molecule has 0 aromatic heterocycles. The molecule has 1 aliphatic heterocycles. The fraction of sp³-hybridized carbons (Fsp3) is 0.379. The maximum absolute atomic E-state index is 11.4. The summed E-state index contributed by atoms with van der Waals surface area (Å²) in [5, 5.41) is 12.7. The summed E-state index contributed by atoms with van der Waals surface area (Å²) in [5.41, 5.74) is 6.10. The molecule has 0 radical (unpaired) electrons. The van der Waals surface area contributed by atoms with Crippen LogP contribution in [-0.4, -0.2) is 18.2 Å². The fourth-order valence-corrected chi connectivity index (χ4v) is 6.55. The van der Waals surface area contributed by atoms with E-state index in [1.165, 1.54) is 41.4 Å². The third-order valence-corrected chi connectivity index (χ3v) is 9.08. The molecule has 0 saturated carbocycles. The Morgan fingerprint density at radius 2 is 1.62 bits per heavy atom. The number of phenols is 1. The fourth-order valence-electron chi connectivity index (χ4n) is 4.83. The molecule has 1 N–H and O–H groups in total. The van der Waals surface area contributed by atoms with E-state index in [-0.39, 0.29) is 5.16 Å². The molecule has 0 bridgehead atoms. The molecule has 2 nitrogen and oxygen atoms in total. The van der Waals surface area contributed by atoms with Gasteiger partial charge in [0.25, 0.3) is 0 Å². The summed E-state index contributed by atoms with van der Waals surface area (Å²) in [6.45, 7) is 9.15. The average molecular weight is 446 g/mol. The predicted octanol–water partition coefficient (Wildman–Crippen LogP) is 6.91. The van der Waals surface area contributed by atoms with Crippen molar-refractivity contribution in [1.82, 2.24) is 0 Å². The van der Waals surface area contributed by atoms with E-state index in [0.29, 0.717) is 14.3 Å². The zero-order valence-electron chi connectivity index (χ0n) is 19.7. The largest absolute Gasteiger partial charge is 0.507 e. The summed E-state index contributed by atoms with van der Waals surface area (Å²) in [6, 6.07) is 23.5. The zero-order chi connectivity index (χ0) is 22.6. The first-order valence-electron chi connectivity index (χ1n) is 12.0. The average Bonchev–Trinajstić information content (AvgIpc) is 2.83. The smallest absolute Gasteiger partial charge is 0.123 e. The van der Waals surface area contributed by atoms with Crippen molar-refractivity contribution in [3.63, 3.8) is 0 Å². The highest BCUT2D eigenvalue weighted by Crippen LogP contribution is 2.49. The minimum absolute atomic E-state index is 0.104. The topological polar surface area (TPSA) is 23.5 Å². The van der Waals surface area contributed by atoms with Crippen molar-refractivity contribution >= 4 is 19.6 Å². The van der Waals surface area contributed by atoms with E-state index in [9.17, 15) is 5.11 Å². The van der Waals surface area contributed by atoms with Crippen molar-refractivity contribution in [1.29, 1.82) is 0 Å².